The van der Waals surface area contributed by atoms with Crippen molar-refractivity contribution in [3.63, 3.8) is 0 Å². The van der Waals surface area contributed by atoms with Gasteiger partial charge in [-0.05, 0) is 38.2 Å². The molecule has 0 radical (unpaired) electrons. The average molecular weight is 406 g/mol. The predicted octanol–water partition coefficient (Wildman–Crippen LogP) is 5.35. The molecule has 0 atom stereocenters. The van der Waals surface area contributed by atoms with Gasteiger partial charge in [0, 0.05) is 5.56 Å². The summed E-state index contributed by atoms with van der Waals surface area (Å²) in [4.78, 5) is 5.40. The van der Waals surface area contributed by atoms with E-state index < -0.39 is 22.2 Å². The van der Waals surface area contributed by atoms with Gasteiger partial charge < -0.3 is 4.84 Å². The molecule has 5 nitrogen and oxygen atoms in total. The molecule has 0 amide bonds. The molecule has 1 N–H and O–H groups in total. The Morgan fingerprint density at radius 1 is 1.26 bits per heavy atom. The van der Waals surface area contributed by atoms with Gasteiger partial charge in [0.2, 0.25) is 0 Å². The first-order valence-corrected chi connectivity index (χ1v) is 9.90. The number of hydrogen-bond donors (Lipinski definition) is 1. The lowest BCUT2D eigenvalue weighted by Gasteiger charge is -2.20. The van der Waals surface area contributed by atoms with E-state index in [4.69, 9.17) is 18.0 Å². The van der Waals surface area contributed by atoms with Crippen molar-refractivity contribution in [2.75, 3.05) is 6.61 Å². The molecule has 152 valence electrons. The van der Waals surface area contributed by atoms with Crippen LogP contribution >= 0.6 is 0 Å². The number of rotatable bonds is 5. The van der Waals surface area contributed by atoms with E-state index in [9.17, 15) is 13.2 Å². The maximum atomic E-state index is 13.2. The lowest BCUT2D eigenvalue weighted by atomic mass is 9.90. The van der Waals surface area contributed by atoms with E-state index in [-0.39, 0.29) is 5.56 Å². The van der Waals surface area contributed by atoms with Crippen molar-refractivity contribution in [2.24, 2.45) is 11.1 Å². The monoisotopic (exact) mass is 406 g/mol. The molecule has 0 heterocycles. The highest BCUT2D eigenvalue weighted by molar-refractivity contribution is 7.60. The van der Waals surface area contributed by atoms with Gasteiger partial charge in [-0.1, -0.05) is 49.0 Å². The van der Waals surface area contributed by atoms with Crippen LogP contribution in [-0.4, -0.2) is 20.7 Å². The molecule has 0 aromatic heterocycles. The first-order chi connectivity index (χ1) is 12.6. The second-order valence-corrected chi connectivity index (χ2v) is 6.94. The zero-order valence-electron chi connectivity index (χ0n) is 15.5. The molecule has 1 aliphatic rings. The van der Waals surface area contributed by atoms with Crippen LogP contribution in [0.3, 0.4) is 0 Å². The Hall–Kier alpha value is -1.90. The SMILES string of the molecule is CC/C(=N\OCC1CCCCC1)c1ccc(C)cc1C(F)(F)F.N=S(=O)=O. The third-order valence-corrected chi connectivity index (χ3v) is 4.34. The van der Waals surface area contributed by atoms with Crippen LogP contribution in [0.5, 0.6) is 0 Å². The fourth-order valence-electron chi connectivity index (χ4n) is 3.02. The van der Waals surface area contributed by atoms with Gasteiger partial charge in [-0.3, -0.25) is 0 Å². The van der Waals surface area contributed by atoms with Crippen molar-refractivity contribution in [1.29, 1.82) is 4.78 Å². The quantitative estimate of drug-likeness (QED) is 0.528. The number of alkyl halides is 3. The number of benzene rings is 1. The summed E-state index contributed by atoms with van der Waals surface area (Å²) in [6.07, 6.45) is 1.92. The third-order valence-electron chi connectivity index (χ3n) is 4.34. The first kappa shape index (κ1) is 23.1. The summed E-state index contributed by atoms with van der Waals surface area (Å²) in [5, 5.41) is 4.03. The largest absolute Gasteiger partial charge is 0.417 e. The summed E-state index contributed by atoms with van der Waals surface area (Å²) in [6.45, 7) is 3.95. The second-order valence-electron chi connectivity index (χ2n) is 6.47. The van der Waals surface area contributed by atoms with Crippen LogP contribution in [0.25, 0.3) is 0 Å². The fraction of sp³-hybridized carbons (Fsp3) is 0.611. The van der Waals surface area contributed by atoms with Crippen molar-refractivity contribution in [3.8, 4) is 0 Å². The first-order valence-electron chi connectivity index (χ1n) is 8.82. The van der Waals surface area contributed by atoms with Crippen molar-refractivity contribution in [3.05, 3.63) is 34.9 Å². The summed E-state index contributed by atoms with van der Waals surface area (Å²) in [6, 6.07) is 4.34. The Balaban J connectivity index is 0.000000828. The van der Waals surface area contributed by atoms with E-state index >= 15 is 0 Å². The number of hydrogen-bond acceptors (Lipinski definition) is 5. The molecular formula is C18H25F3N2O3S. The van der Waals surface area contributed by atoms with E-state index in [1.807, 2.05) is 0 Å². The maximum absolute atomic E-state index is 13.2. The zero-order chi connectivity index (χ0) is 20.4. The van der Waals surface area contributed by atoms with Gasteiger partial charge in [0.15, 0.2) is 0 Å². The molecule has 0 spiro atoms. The number of oxime groups is 1. The molecule has 1 aromatic carbocycles. The van der Waals surface area contributed by atoms with Crippen LogP contribution in [0.15, 0.2) is 23.4 Å². The highest BCUT2D eigenvalue weighted by atomic mass is 32.2. The van der Waals surface area contributed by atoms with Crippen molar-refractivity contribution >= 4 is 16.2 Å². The van der Waals surface area contributed by atoms with Gasteiger partial charge in [-0.25, -0.2) is 0 Å². The molecule has 0 bridgehead atoms. The summed E-state index contributed by atoms with van der Waals surface area (Å²) in [7, 11) is -2.61. The molecule has 1 fully saturated rings. The Kier molecular flexibility index (Phi) is 9.48. The standard InChI is InChI=1S/C18H24F3NO.HNO2S/c1-3-17(22-23-12-14-7-5-4-6-8-14)15-10-9-13(2)11-16(15)18(19,20)21;1-4(2)3/h9-11,14H,3-8,12H2,1-2H3;1H/b22-17+;. The van der Waals surface area contributed by atoms with Crippen LogP contribution in [0.4, 0.5) is 13.2 Å². The lowest BCUT2D eigenvalue weighted by Crippen LogP contribution is -2.15. The summed E-state index contributed by atoms with van der Waals surface area (Å²) >= 11 is 0. The van der Waals surface area contributed by atoms with Gasteiger partial charge in [0.1, 0.15) is 6.61 Å². The number of aryl methyl sites for hydroxylation is 1. The van der Waals surface area contributed by atoms with Gasteiger partial charge >= 0.3 is 16.7 Å². The third kappa shape index (κ3) is 8.55. The Morgan fingerprint density at radius 2 is 1.85 bits per heavy atom. The molecule has 0 saturated heterocycles. The van der Waals surface area contributed by atoms with Gasteiger partial charge in [-0.2, -0.15) is 26.4 Å². The highest BCUT2D eigenvalue weighted by Crippen LogP contribution is 2.33. The van der Waals surface area contributed by atoms with Gasteiger partial charge in [0.25, 0.3) is 0 Å². The van der Waals surface area contributed by atoms with E-state index in [0.717, 1.165) is 12.8 Å². The number of nitrogens with zero attached hydrogens (tertiary/aromatic N) is 1. The molecule has 9 heteroatoms. The van der Waals surface area contributed by atoms with Crippen LogP contribution in [0.1, 0.15) is 62.1 Å². The van der Waals surface area contributed by atoms with E-state index in [1.165, 1.54) is 31.4 Å². The van der Waals surface area contributed by atoms with Crippen LogP contribution in [-0.2, 0) is 21.5 Å². The second kappa shape index (κ2) is 11.1. The lowest BCUT2D eigenvalue weighted by molar-refractivity contribution is -0.137. The number of nitrogens with one attached hydrogen (secondary N) is 1. The minimum absolute atomic E-state index is 0.120. The van der Waals surface area contributed by atoms with Crippen molar-refractivity contribution < 1.29 is 26.4 Å². The topological polar surface area (TPSA) is 79.6 Å². The molecule has 2 rings (SSSR count). The highest BCUT2D eigenvalue weighted by Gasteiger charge is 2.34. The van der Waals surface area contributed by atoms with Crippen LogP contribution < -0.4 is 0 Å². The molecule has 1 saturated carbocycles. The van der Waals surface area contributed by atoms with Gasteiger partial charge in [-0.15, -0.1) is 0 Å². The van der Waals surface area contributed by atoms with E-state index in [1.54, 1.807) is 19.9 Å². The predicted molar refractivity (Wildman–Crippen MR) is 97.2 cm³/mol. The summed E-state index contributed by atoms with van der Waals surface area (Å²) < 4.78 is 62.6. The summed E-state index contributed by atoms with van der Waals surface area (Å²) in [5.41, 5.74) is 0.418. The average Bonchev–Trinajstić information content (AvgIpc) is 2.59. The molecule has 0 unspecified atom stereocenters. The fourth-order valence-corrected chi connectivity index (χ4v) is 3.02. The molecule has 1 aliphatic carbocycles. The molecule has 27 heavy (non-hydrogen) atoms. The summed E-state index contributed by atoms with van der Waals surface area (Å²) in [5.74, 6) is 0.478. The van der Waals surface area contributed by atoms with E-state index in [2.05, 4.69) is 5.16 Å². The molecule has 0 aliphatic heterocycles. The smallest absolute Gasteiger partial charge is 0.395 e. The minimum Gasteiger partial charge on any atom is -0.395 e. The van der Waals surface area contributed by atoms with Crippen LogP contribution in [0, 0.1) is 17.6 Å². The Labute approximate surface area is 159 Å². The zero-order valence-corrected chi connectivity index (χ0v) is 16.3. The van der Waals surface area contributed by atoms with Crippen molar-refractivity contribution in [1.82, 2.24) is 0 Å². The maximum Gasteiger partial charge on any atom is 0.417 e. The van der Waals surface area contributed by atoms with Gasteiger partial charge in [0.05, 0.1) is 11.3 Å². The Morgan fingerprint density at radius 3 is 2.37 bits per heavy atom. The van der Waals surface area contributed by atoms with Crippen molar-refractivity contribution in [2.45, 2.75) is 58.5 Å². The normalized spacial score (nSPS) is 15.7. The van der Waals surface area contributed by atoms with Crippen LogP contribution in [0.2, 0.25) is 0 Å². The molecule has 1 aromatic rings. The Bertz CT molecular complexity index is 734. The minimum atomic E-state index is -4.39. The number of halogens is 3. The molecular weight excluding hydrogens is 381 g/mol. The van der Waals surface area contributed by atoms with E-state index in [0.29, 0.717) is 30.2 Å².